The van der Waals surface area contributed by atoms with Crippen LogP contribution in [0.4, 0.5) is 92.2 Å². The maximum absolute atomic E-state index is 13.7. The predicted octanol–water partition coefficient (Wildman–Crippen LogP) is 21.3. The van der Waals surface area contributed by atoms with Gasteiger partial charge >= 0.3 is 18.0 Å². The molecule has 7 saturated carbocycles. The minimum Gasteiger partial charge on any atom is -0.243 e. The summed E-state index contributed by atoms with van der Waals surface area (Å²) in [7, 11) is 0. The molecular formula is C61H77F21. The summed E-state index contributed by atoms with van der Waals surface area (Å²) in [5, 5.41) is 0. The molecule has 468 valence electrons. The highest BCUT2D eigenvalue weighted by molar-refractivity contribution is 5.31. The number of alkyl halides is 19. The summed E-state index contributed by atoms with van der Waals surface area (Å²) >= 11 is 0. The van der Waals surface area contributed by atoms with Gasteiger partial charge in [0.05, 0.1) is 0 Å². The zero-order chi connectivity index (χ0) is 58.5. The number of hydrogen-bond acceptors (Lipinski definition) is 0. The molecule has 82 heavy (non-hydrogen) atoms. The van der Waals surface area contributed by atoms with Gasteiger partial charge in [0.2, 0.25) is 5.67 Å². The molecule has 14 rings (SSSR count). The van der Waals surface area contributed by atoms with Crippen molar-refractivity contribution < 1.29 is 92.2 Å². The van der Waals surface area contributed by atoms with Crippen molar-refractivity contribution in [3.05, 3.63) is 97.2 Å². The van der Waals surface area contributed by atoms with E-state index in [0.29, 0.717) is 18.8 Å². The van der Waals surface area contributed by atoms with Crippen LogP contribution in [-0.4, -0.2) is 64.4 Å². The number of allylic oxidation sites excluding steroid dienone is 15. The maximum atomic E-state index is 13.7. The van der Waals surface area contributed by atoms with E-state index in [1.54, 1.807) is 12.2 Å². The lowest BCUT2D eigenvalue weighted by atomic mass is 9.85. The predicted molar refractivity (Wildman–Crippen MR) is 275 cm³/mol. The van der Waals surface area contributed by atoms with E-state index in [0.717, 1.165) is 42.7 Å². The molecule has 14 aliphatic rings. The van der Waals surface area contributed by atoms with Gasteiger partial charge in [-0.2, -0.15) is 39.5 Å². The molecule has 14 bridgehead atoms. The molecule has 0 aromatic rings. The number of halogens is 21. The Morgan fingerprint density at radius 1 is 0.402 bits per heavy atom. The fourth-order valence-corrected chi connectivity index (χ4v) is 14.9. The minimum absolute atomic E-state index is 0. The third-order valence-corrected chi connectivity index (χ3v) is 19.8. The first-order valence-corrected chi connectivity index (χ1v) is 27.3. The summed E-state index contributed by atoms with van der Waals surface area (Å²) in [4.78, 5) is 0. The lowest BCUT2D eigenvalue weighted by molar-refractivity contribution is -0.305. The van der Waals surface area contributed by atoms with Crippen LogP contribution in [0.25, 0.3) is 0 Å². The van der Waals surface area contributed by atoms with Gasteiger partial charge < -0.3 is 0 Å². The zero-order valence-corrected chi connectivity index (χ0v) is 43.5. The second kappa shape index (κ2) is 23.6. The molecule has 0 radical (unpaired) electrons. The number of rotatable bonds is 4. The molecule has 0 aromatic carbocycles. The van der Waals surface area contributed by atoms with Gasteiger partial charge in [0.15, 0.2) is 5.67 Å². The molecular weight excluding hydrogens is 1130 g/mol. The topological polar surface area (TPSA) is 0 Å². The molecule has 0 amide bonds. The highest BCUT2D eigenvalue weighted by atomic mass is 19.4. The highest BCUT2D eigenvalue weighted by Gasteiger charge is 2.81. The fourth-order valence-electron chi connectivity index (χ4n) is 14.9. The molecule has 0 N–H and O–H groups in total. The van der Waals surface area contributed by atoms with E-state index in [9.17, 15) is 92.2 Å². The highest BCUT2D eigenvalue weighted by Crippen LogP contribution is 2.65. The third-order valence-electron chi connectivity index (χ3n) is 19.8. The van der Waals surface area contributed by atoms with Crippen molar-refractivity contribution in [2.45, 2.75) is 191 Å². The molecule has 19 unspecified atom stereocenters. The van der Waals surface area contributed by atoms with Crippen LogP contribution < -0.4 is 0 Å². The molecule has 14 aliphatic carbocycles. The number of hydrogen-bond donors (Lipinski definition) is 0. The average molecular weight is 1210 g/mol. The second-order valence-corrected chi connectivity index (χ2v) is 24.1. The zero-order valence-electron chi connectivity index (χ0n) is 43.5. The lowest BCUT2D eigenvalue weighted by Gasteiger charge is -2.35. The van der Waals surface area contributed by atoms with Gasteiger partial charge in [0, 0.05) is 71.7 Å². The molecule has 0 spiro atoms. The van der Waals surface area contributed by atoms with Crippen molar-refractivity contribution in [1.82, 2.24) is 0 Å². The van der Waals surface area contributed by atoms with Gasteiger partial charge in [0.1, 0.15) is 5.67 Å². The van der Waals surface area contributed by atoms with Gasteiger partial charge in [-0.1, -0.05) is 135 Å². The van der Waals surface area contributed by atoms with Crippen LogP contribution in [0, 0.1) is 88.8 Å². The van der Waals surface area contributed by atoms with Crippen LogP contribution in [0.5, 0.6) is 0 Å². The largest absolute Gasteiger partial charge is 0.429 e. The van der Waals surface area contributed by atoms with E-state index >= 15 is 0 Å². The summed E-state index contributed by atoms with van der Waals surface area (Å²) in [6, 6.07) is 0. The maximum Gasteiger partial charge on any atom is 0.429 e. The molecule has 0 aromatic heterocycles. The average Bonchev–Trinajstić information content (AvgIpc) is 4.06. The molecule has 0 nitrogen and oxygen atoms in total. The Kier molecular flexibility index (Phi) is 19.9. The van der Waals surface area contributed by atoms with Gasteiger partial charge in [-0.05, 0) is 100 Å². The normalized spacial score (nSPS) is 44.0. The van der Waals surface area contributed by atoms with Crippen LogP contribution in [0.2, 0.25) is 0 Å². The van der Waals surface area contributed by atoms with E-state index in [1.165, 1.54) is 56.6 Å². The molecule has 21 heteroatoms. The monoisotopic (exact) mass is 1210 g/mol. The van der Waals surface area contributed by atoms with Crippen LogP contribution in [0.1, 0.15) is 127 Å². The molecule has 0 saturated heterocycles. The second-order valence-electron chi connectivity index (χ2n) is 24.1. The van der Waals surface area contributed by atoms with Crippen LogP contribution in [0.15, 0.2) is 97.2 Å². The summed E-state index contributed by atoms with van der Waals surface area (Å²) in [5.41, 5.74) is -10.7. The van der Waals surface area contributed by atoms with Crippen LogP contribution in [0.3, 0.4) is 0 Å². The lowest BCUT2D eigenvalue weighted by Crippen LogP contribution is -2.57. The van der Waals surface area contributed by atoms with E-state index in [-0.39, 0.29) is 72.3 Å². The Labute approximate surface area is 468 Å². The van der Waals surface area contributed by atoms with Gasteiger partial charge in [-0.25, -0.2) is 52.7 Å². The Morgan fingerprint density at radius 2 is 0.817 bits per heavy atom. The first kappa shape index (κ1) is 69.2. The summed E-state index contributed by atoms with van der Waals surface area (Å²) < 4.78 is 270. The minimum atomic E-state index is -5.51. The standard InChI is InChI=1S/C9H7F5.C9H11F3.C9H13F.C9H14.C8H6F6.C7H6F4.C7H8F2.3CH4/c10-7(11)4-8(12)5-1-2-6(3-5)9(8,13)14;1-2-8(10)6-3-4-7(5-6)9(8,11)12;1-2-9(10)6-7-3-4-8(9)5-7;1-2-8-5-7-3-4-9(8)6-7;9-6(8(12,13)14)4-1-2-5(3-4)7(6,10)11;8-6(9)4-1-2-5(3-4)7(6,10)11;8-7(9)4-5-1-2-6(7)3-5;;;/h1-2,4-6H,3H2;3-4,6-7H,2,5H2,1H3;3-4,7-8H,2,5-6H2,1H3;3-4,7-9H,2,5-6H2,1H3;1-2,4-5H,3H2;1-2,4-5H,3H2;1-2,5-6H,3-4H2;3*1H4. The van der Waals surface area contributed by atoms with Gasteiger partial charge in [0.25, 0.3) is 35.4 Å². The summed E-state index contributed by atoms with van der Waals surface area (Å²) in [6.07, 6.45) is 21.5. The Hall–Kier alpha value is -3.55. The van der Waals surface area contributed by atoms with Gasteiger partial charge in [-0.3, -0.25) is 0 Å². The summed E-state index contributed by atoms with van der Waals surface area (Å²) in [5.74, 6) is -27.2. The Morgan fingerprint density at radius 3 is 1.06 bits per heavy atom. The van der Waals surface area contributed by atoms with Crippen molar-refractivity contribution in [3.63, 3.8) is 0 Å². The Balaban J connectivity index is 0.000000175. The van der Waals surface area contributed by atoms with Crippen molar-refractivity contribution in [3.8, 4) is 0 Å². The Bertz CT molecular complexity index is 2440. The van der Waals surface area contributed by atoms with Crippen molar-refractivity contribution in [2.24, 2.45) is 88.8 Å². The molecule has 0 aliphatic heterocycles. The first-order chi connectivity index (χ1) is 36.4. The van der Waals surface area contributed by atoms with Crippen molar-refractivity contribution in [2.75, 3.05) is 0 Å². The smallest absolute Gasteiger partial charge is 0.243 e. The van der Waals surface area contributed by atoms with Crippen molar-refractivity contribution in [1.29, 1.82) is 0 Å². The molecule has 19 atom stereocenters. The quantitative estimate of drug-likeness (QED) is 0.194. The van der Waals surface area contributed by atoms with Crippen molar-refractivity contribution >= 4 is 0 Å². The molecule has 7 fully saturated rings. The van der Waals surface area contributed by atoms with E-state index in [2.05, 4.69) is 31.2 Å². The van der Waals surface area contributed by atoms with E-state index in [1.807, 2.05) is 13.0 Å². The first-order valence-electron chi connectivity index (χ1n) is 27.3. The molecule has 0 heterocycles. The van der Waals surface area contributed by atoms with Crippen LogP contribution in [-0.2, 0) is 0 Å². The summed E-state index contributed by atoms with van der Waals surface area (Å²) in [6.45, 7) is 5.76. The fraction of sp³-hybridized carbons (Fsp3) is 0.738. The van der Waals surface area contributed by atoms with E-state index < -0.39 is 130 Å². The third kappa shape index (κ3) is 11.4. The van der Waals surface area contributed by atoms with E-state index in [4.69, 9.17) is 0 Å². The SMILES string of the molecule is C.C.C.CCC1(F)C2C=CC(C2)C1(F)F.CCC1(F)CC2C=CC1C2.CCC1CC2C=CC1C2.FC(F)(F)C1(F)C2C=CC(C2)C1(F)F.FC(F)=CC1(F)C2C=CC(C2)C1(F)F.FC1(F)C2C=CC(C2)C1(F)F.FC1(F)CC2C=CC1C2. The van der Waals surface area contributed by atoms with Gasteiger partial charge in [-0.15, -0.1) is 0 Å². The van der Waals surface area contributed by atoms with Crippen LogP contribution >= 0.6 is 0 Å². The number of fused-ring (bicyclic) bond motifs is 14.